The molecule has 5 nitrogen and oxygen atoms in total. The molecule has 0 atom stereocenters. The SMILES string of the molecule is CC(C)(C)c1ccc(OCc2ccc(C(=O)N3CCC(NC(=O)C4CCCCC4)CC3)cc2)cc1. The maximum atomic E-state index is 13.0. The minimum Gasteiger partial charge on any atom is -0.489 e. The topological polar surface area (TPSA) is 58.6 Å². The maximum Gasteiger partial charge on any atom is 0.253 e. The highest BCUT2D eigenvalue weighted by Crippen LogP contribution is 2.26. The number of piperidine rings is 1. The Morgan fingerprint density at radius 2 is 1.51 bits per heavy atom. The lowest BCUT2D eigenvalue weighted by atomic mass is 9.87. The van der Waals surface area contributed by atoms with Crippen LogP contribution in [-0.4, -0.2) is 35.8 Å². The van der Waals surface area contributed by atoms with E-state index < -0.39 is 0 Å². The molecule has 2 aromatic carbocycles. The van der Waals surface area contributed by atoms with E-state index in [4.69, 9.17) is 4.74 Å². The number of nitrogens with one attached hydrogen (secondary N) is 1. The average Bonchev–Trinajstić information content (AvgIpc) is 2.88. The van der Waals surface area contributed by atoms with Gasteiger partial charge in [-0.05, 0) is 66.5 Å². The van der Waals surface area contributed by atoms with Crippen molar-refractivity contribution in [3.05, 3.63) is 65.2 Å². The van der Waals surface area contributed by atoms with Crippen LogP contribution in [0.1, 0.15) is 87.2 Å². The molecule has 1 saturated heterocycles. The van der Waals surface area contributed by atoms with Gasteiger partial charge in [-0.2, -0.15) is 0 Å². The number of nitrogens with zero attached hydrogens (tertiary/aromatic N) is 1. The number of rotatable bonds is 6. The predicted molar refractivity (Wildman–Crippen MR) is 140 cm³/mol. The Hall–Kier alpha value is -2.82. The molecule has 0 spiro atoms. The van der Waals surface area contributed by atoms with Gasteiger partial charge >= 0.3 is 0 Å². The molecule has 35 heavy (non-hydrogen) atoms. The molecule has 1 aliphatic carbocycles. The van der Waals surface area contributed by atoms with E-state index in [-0.39, 0.29) is 29.2 Å². The number of amides is 2. The van der Waals surface area contributed by atoms with Crippen molar-refractivity contribution in [2.24, 2.45) is 5.92 Å². The first-order chi connectivity index (χ1) is 16.8. The van der Waals surface area contributed by atoms with E-state index in [0.717, 1.165) is 37.0 Å². The Balaban J connectivity index is 1.23. The van der Waals surface area contributed by atoms with Crippen LogP contribution < -0.4 is 10.1 Å². The Morgan fingerprint density at radius 1 is 0.886 bits per heavy atom. The van der Waals surface area contributed by atoms with Crippen molar-refractivity contribution in [1.82, 2.24) is 10.2 Å². The molecule has 188 valence electrons. The van der Waals surface area contributed by atoms with Crippen LogP contribution in [-0.2, 0) is 16.8 Å². The standard InChI is InChI=1S/C30H40N2O3/c1-30(2,3)25-13-15-27(16-14-25)35-21-22-9-11-24(12-10-22)29(34)32-19-17-26(18-20-32)31-28(33)23-7-5-4-6-8-23/h9-16,23,26H,4-8,17-21H2,1-3H3,(H,31,33). The second-order valence-electron chi connectivity index (χ2n) is 11.2. The van der Waals surface area contributed by atoms with Gasteiger partial charge in [0.05, 0.1) is 0 Å². The fraction of sp³-hybridized carbons (Fsp3) is 0.533. The molecule has 2 aromatic rings. The molecule has 2 aliphatic rings. The molecule has 1 N–H and O–H groups in total. The molecule has 0 bridgehead atoms. The molecular weight excluding hydrogens is 436 g/mol. The van der Waals surface area contributed by atoms with E-state index in [9.17, 15) is 9.59 Å². The first-order valence-electron chi connectivity index (χ1n) is 13.2. The van der Waals surface area contributed by atoms with Crippen molar-refractivity contribution >= 4 is 11.8 Å². The quantitative estimate of drug-likeness (QED) is 0.568. The number of ether oxygens (including phenoxy) is 1. The highest BCUT2D eigenvalue weighted by atomic mass is 16.5. The summed E-state index contributed by atoms with van der Waals surface area (Å²) in [6.07, 6.45) is 7.28. The third-order valence-corrected chi connectivity index (χ3v) is 7.43. The first-order valence-corrected chi connectivity index (χ1v) is 13.2. The van der Waals surface area contributed by atoms with Gasteiger partial charge in [-0.1, -0.05) is 64.3 Å². The van der Waals surface area contributed by atoms with Crippen molar-refractivity contribution in [2.75, 3.05) is 13.1 Å². The molecule has 1 saturated carbocycles. The van der Waals surface area contributed by atoms with Gasteiger partial charge in [0, 0.05) is 30.6 Å². The minimum atomic E-state index is 0.0623. The van der Waals surface area contributed by atoms with Gasteiger partial charge in [-0.3, -0.25) is 9.59 Å². The van der Waals surface area contributed by atoms with E-state index in [1.165, 1.54) is 24.8 Å². The van der Waals surface area contributed by atoms with Gasteiger partial charge in [0.1, 0.15) is 12.4 Å². The summed E-state index contributed by atoms with van der Waals surface area (Å²) in [7, 11) is 0. The molecule has 0 radical (unpaired) electrons. The fourth-order valence-electron chi connectivity index (χ4n) is 5.05. The van der Waals surface area contributed by atoms with Crippen LogP contribution in [0.4, 0.5) is 0 Å². The Kier molecular flexibility index (Phi) is 8.15. The van der Waals surface area contributed by atoms with Gasteiger partial charge in [0.2, 0.25) is 5.91 Å². The zero-order chi connectivity index (χ0) is 24.8. The van der Waals surface area contributed by atoms with Crippen molar-refractivity contribution in [3.63, 3.8) is 0 Å². The van der Waals surface area contributed by atoms with Crippen molar-refractivity contribution in [2.45, 2.75) is 83.8 Å². The summed E-state index contributed by atoms with van der Waals surface area (Å²) in [6, 6.07) is 16.1. The minimum absolute atomic E-state index is 0.0623. The maximum absolute atomic E-state index is 13.0. The number of carbonyl (C=O) groups is 2. The lowest BCUT2D eigenvalue weighted by Gasteiger charge is -2.33. The third-order valence-electron chi connectivity index (χ3n) is 7.43. The summed E-state index contributed by atoms with van der Waals surface area (Å²) >= 11 is 0. The van der Waals surface area contributed by atoms with Crippen LogP contribution in [0.5, 0.6) is 5.75 Å². The molecule has 5 heteroatoms. The third kappa shape index (κ3) is 6.87. The molecule has 2 amide bonds. The number of carbonyl (C=O) groups excluding carboxylic acids is 2. The van der Waals surface area contributed by atoms with Crippen LogP contribution >= 0.6 is 0 Å². The molecule has 0 unspecified atom stereocenters. The van der Waals surface area contributed by atoms with Crippen molar-refractivity contribution in [1.29, 1.82) is 0 Å². The zero-order valence-corrected chi connectivity index (χ0v) is 21.5. The van der Waals surface area contributed by atoms with E-state index in [0.29, 0.717) is 25.3 Å². The Labute approximate surface area is 210 Å². The lowest BCUT2D eigenvalue weighted by Crippen LogP contribution is -2.48. The van der Waals surface area contributed by atoms with Gasteiger partial charge in [-0.15, -0.1) is 0 Å². The molecule has 2 fully saturated rings. The van der Waals surface area contributed by atoms with E-state index in [1.54, 1.807) is 0 Å². The van der Waals surface area contributed by atoms with E-state index >= 15 is 0 Å². The smallest absolute Gasteiger partial charge is 0.253 e. The fourth-order valence-corrected chi connectivity index (χ4v) is 5.05. The van der Waals surface area contributed by atoms with Crippen molar-refractivity contribution < 1.29 is 14.3 Å². The summed E-state index contributed by atoms with van der Waals surface area (Å²) in [5, 5.41) is 3.24. The predicted octanol–water partition coefficient (Wildman–Crippen LogP) is 5.86. The van der Waals surface area contributed by atoms with Crippen LogP contribution in [0.15, 0.2) is 48.5 Å². The Morgan fingerprint density at radius 3 is 2.11 bits per heavy atom. The average molecular weight is 477 g/mol. The Bertz CT molecular complexity index is 978. The number of likely N-dealkylation sites (tertiary alicyclic amines) is 1. The number of hydrogen-bond acceptors (Lipinski definition) is 3. The van der Waals surface area contributed by atoms with Crippen LogP contribution in [0, 0.1) is 5.92 Å². The number of hydrogen-bond donors (Lipinski definition) is 1. The van der Waals surface area contributed by atoms with Gasteiger partial charge in [0.15, 0.2) is 0 Å². The van der Waals surface area contributed by atoms with Gasteiger partial charge < -0.3 is 15.0 Å². The van der Waals surface area contributed by atoms with Gasteiger partial charge in [-0.25, -0.2) is 0 Å². The summed E-state index contributed by atoms with van der Waals surface area (Å²) in [4.78, 5) is 27.4. The monoisotopic (exact) mass is 476 g/mol. The molecule has 1 aliphatic heterocycles. The van der Waals surface area contributed by atoms with Gasteiger partial charge in [0.25, 0.3) is 5.91 Å². The summed E-state index contributed by atoms with van der Waals surface area (Å²) in [5.41, 5.74) is 3.14. The van der Waals surface area contributed by atoms with Crippen LogP contribution in [0.25, 0.3) is 0 Å². The largest absolute Gasteiger partial charge is 0.489 e. The van der Waals surface area contributed by atoms with E-state index in [2.05, 4.69) is 38.2 Å². The van der Waals surface area contributed by atoms with Crippen LogP contribution in [0.3, 0.4) is 0 Å². The molecule has 1 heterocycles. The molecule has 0 aromatic heterocycles. The first kappa shape index (κ1) is 25.3. The van der Waals surface area contributed by atoms with Crippen LogP contribution in [0.2, 0.25) is 0 Å². The highest BCUT2D eigenvalue weighted by Gasteiger charge is 2.27. The normalized spacial score (nSPS) is 17.7. The van der Waals surface area contributed by atoms with Crippen molar-refractivity contribution in [3.8, 4) is 5.75 Å². The summed E-state index contributed by atoms with van der Waals surface area (Å²) in [6.45, 7) is 8.43. The summed E-state index contributed by atoms with van der Waals surface area (Å²) < 4.78 is 5.93. The highest BCUT2D eigenvalue weighted by molar-refractivity contribution is 5.94. The van der Waals surface area contributed by atoms with E-state index in [1.807, 2.05) is 41.3 Å². The lowest BCUT2D eigenvalue weighted by molar-refractivity contribution is -0.126. The molecular formula is C30H40N2O3. The molecule has 4 rings (SSSR count). The second kappa shape index (κ2) is 11.3. The summed E-state index contributed by atoms with van der Waals surface area (Å²) in [5.74, 6) is 1.31. The number of benzene rings is 2. The second-order valence-corrected chi connectivity index (χ2v) is 11.2. The zero-order valence-electron chi connectivity index (χ0n) is 21.5.